The zero-order chi connectivity index (χ0) is 10.8. The summed E-state index contributed by atoms with van der Waals surface area (Å²) in [5, 5.41) is 14.2. The van der Waals surface area contributed by atoms with Gasteiger partial charge in [-0.15, -0.1) is 0 Å². The van der Waals surface area contributed by atoms with E-state index in [0.29, 0.717) is 5.69 Å². The van der Waals surface area contributed by atoms with Crippen LogP contribution in [0, 0.1) is 6.92 Å². The molecule has 0 aliphatic heterocycles. The number of pyridine rings is 1. The number of hydrogen-bond donors (Lipinski definition) is 1. The second-order valence-corrected chi connectivity index (χ2v) is 3.61. The molecule has 2 heterocycles. The van der Waals surface area contributed by atoms with E-state index in [1.807, 2.05) is 26.2 Å². The summed E-state index contributed by atoms with van der Waals surface area (Å²) >= 11 is 0. The van der Waals surface area contributed by atoms with E-state index in [-0.39, 0.29) is 0 Å². The smallest absolute Gasteiger partial charge is 0.124 e. The minimum atomic E-state index is -0.696. The summed E-state index contributed by atoms with van der Waals surface area (Å²) in [4.78, 5) is 4.04. The van der Waals surface area contributed by atoms with E-state index >= 15 is 0 Å². The third kappa shape index (κ3) is 2.05. The maximum atomic E-state index is 10.0. The highest BCUT2D eigenvalue weighted by molar-refractivity contribution is 5.25. The molecule has 2 rings (SSSR count). The fourth-order valence-electron chi connectivity index (χ4n) is 1.48. The van der Waals surface area contributed by atoms with E-state index in [1.165, 1.54) is 0 Å². The summed E-state index contributed by atoms with van der Waals surface area (Å²) < 4.78 is 1.67. The lowest BCUT2D eigenvalue weighted by atomic mass is 10.1. The van der Waals surface area contributed by atoms with Gasteiger partial charge in [0.05, 0.1) is 5.69 Å². The minimum Gasteiger partial charge on any atom is -0.382 e. The Bertz CT molecular complexity index is 464. The van der Waals surface area contributed by atoms with Crippen molar-refractivity contribution in [3.8, 4) is 0 Å². The average Bonchev–Trinajstić information content (AvgIpc) is 2.64. The lowest BCUT2D eigenvalue weighted by molar-refractivity contribution is 0.214. The van der Waals surface area contributed by atoms with E-state index in [4.69, 9.17) is 0 Å². The van der Waals surface area contributed by atoms with Crippen LogP contribution >= 0.6 is 0 Å². The van der Waals surface area contributed by atoms with Gasteiger partial charge in [0.25, 0.3) is 0 Å². The summed E-state index contributed by atoms with van der Waals surface area (Å²) in [6.45, 7) is 1.95. The van der Waals surface area contributed by atoms with E-state index in [1.54, 1.807) is 23.1 Å². The molecule has 0 saturated carbocycles. The molecule has 0 radical (unpaired) electrons. The molecular formula is C11H13N3O. The lowest BCUT2D eigenvalue weighted by Crippen LogP contribution is -2.02. The molecule has 0 amide bonds. The quantitative estimate of drug-likeness (QED) is 0.798. The summed E-state index contributed by atoms with van der Waals surface area (Å²) in [5.41, 5.74) is 2.45. The van der Waals surface area contributed by atoms with E-state index in [0.717, 1.165) is 11.1 Å². The summed E-state index contributed by atoms with van der Waals surface area (Å²) in [5.74, 6) is 0. The van der Waals surface area contributed by atoms with Crippen LogP contribution < -0.4 is 0 Å². The van der Waals surface area contributed by atoms with Crippen molar-refractivity contribution in [2.75, 3.05) is 0 Å². The molecule has 1 atom stereocenters. The highest BCUT2D eigenvalue weighted by Crippen LogP contribution is 2.19. The number of aliphatic hydroxyl groups is 1. The standard InChI is InChI=1S/C11H13N3O/c1-8-5-9(7-12-6-8)11(15)10-3-4-14(2)13-10/h3-7,11,15H,1-2H3. The Labute approximate surface area is 88.2 Å². The third-order valence-electron chi connectivity index (χ3n) is 2.23. The minimum absolute atomic E-state index is 0.643. The molecule has 78 valence electrons. The molecule has 0 saturated heterocycles. The van der Waals surface area contributed by atoms with E-state index in [9.17, 15) is 5.11 Å². The first-order valence-corrected chi connectivity index (χ1v) is 4.76. The van der Waals surface area contributed by atoms with Gasteiger partial charge >= 0.3 is 0 Å². The first kappa shape index (κ1) is 9.86. The lowest BCUT2D eigenvalue weighted by Gasteiger charge is -2.07. The van der Waals surface area contributed by atoms with E-state index in [2.05, 4.69) is 10.1 Å². The maximum absolute atomic E-state index is 10.0. The van der Waals surface area contributed by atoms with Crippen molar-refractivity contribution in [1.29, 1.82) is 0 Å². The molecule has 4 nitrogen and oxygen atoms in total. The Morgan fingerprint density at radius 1 is 1.40 bits per heavy atom. The van der Waals surface area contributed by atoms with Gasteiger partial charge in [0.15, 0.2) is 0 Å². The van der Waals surface area contributed by atoms with Crippen molar-refractivity contribution in [2.24, 2.45) is 7.05 Å². The molecule has 0 spiro atoms. The van der Waals surface area contributed by atoms with Gasteiger partial charge in [-0.05, 0) is 18.6 Å². The van der Waals surface area contributed by atoms with Crippen molar-refractivity contribution < 1.29 is 5.11 Å². The molecule has 2 aromatic rings. The molecule has 0 aliphatic carbocycles. The monoisotopic (exact) mass is 203 g/mol. The molecule has 1 N–H and O–H groups in total. The Kier molecular flexibility index (Phi) is 2.51. The maximum Gasteiger partial charge on any atom is 0.124 e. The highest BCUT2D eigenvalue weighted by Gasteiger charge is 2.13. The van der Waals surface area contributed by atoms with Crippen LogP contribution in [0.15, 0.2) is 30.7 Å². The van der Waals surface area contributed by atoms with Crippen LogP contribution in [0.3, 0.4) is 0 Å². The summed E-state index contributed by atoms with van der Waals surface area (Å²) in [7, 11) is 1.82. The molecule has 1 unspecified atom stereocenters. The Morgan fingerprint density at radius 2 is 2.20 bits per heavy atom. The van der Waals surface area contributed by atoms with Gasteiger partial charge in [0, 0.05) is 31.2 Å². The van der Waals surface area contributed by atoms with Crippen molar-refractivity contribution in [2.45, 2.75) is 13.0 Å². The van der Waals surface area contributed by atoms with Crippen LogP contribution in [-0.4, -0.2) is 19.9 Å². The fraction of sp³-hybridized carbons (Fsp3) is 0.273. The first-order chi connectivity index (χ1) is 7.16. The molecule has 0 bridgehead atoms. The molecule has 4 heteroatoms. The summed E-state index contributed by atoms with van der Waals surface area (Å²) in [6, 6.07) is 3.71. The van der Waals surface area contributed by atoms with Gasteiger partial charge < -0.3 is 5.11 Å². The predicted octanol–water partition coefficient (Wildman–Crippen LogP) is 1.21. The zero-order valence-corrected chi connectivity index (χ0v) is 8.75. The summed E-state index contributed by atoms with van der Waals surface area (Å²) in [6.07, 6.45) is 4.53. The first-order valence-electron chi connectivity index (χ1n) is 4.76. The van der Waals surface area contributed by atoms with Gasteiger partial charge in [0.1, 0.15) is 6.10 Å². The molecule has 0 fully saturated rings. The second-order valence-electron chi connectivity index (χ2n) is 3.61. The van der Waals surface area contributed by atoms with Gasteiger partial charge in [-0.3, -0.25) is 9.67 Å². The second kappa shape index (κ2) is 3.82. The number of aryl methyl sites for hydroxylation is 2. The molecule has 0 aromatic carbocycles. The third-order valence-corrected chi connectivity index (χ3v) is 2.23. The van der Waals surface area contributed by atoms with Crippen LogP contribution in [-0.2, 0) is 7.05 Å². The number of nitrogens with zero attached hydrogens (tertiary/aromatic N) is 3. The normalized spacial score (nSPS) is 12.7. The van der Waals surface area contributed by atoms with Crippen molar-refractivity contribution in [1.82, 2.24) is 14.8 Å². The van der Waals surface area contributed by atoms with Gasteiger partial charge in [-0.1, -0.05) is 6.07 Å². The van der Waals surface area contributed by atoms with Crippen molar-refractivity contribution >= 4 is 0 Å². The van der Waals surface area contributed by atoms with Crippen LogP contribution in [0.5, 0.6) is 0 Å². The van der Waals surface area contributed by atoms with Crippen LogP contribution in [0.25, 0.3) is 0 Å². The molecule has 2 aromatic heterocycles. The number of hydrogen-bond acceptors (Lipinski definition) is 3. The number of rotatable bonds is 2. The van der Waals surface area contributed by atoms with E-state index < -0.39 is 6.10 Å². The van der Waals surface area contributed by atoms with Crippen LogP contribution in [0.1, 0.15) is 22.9 Å². The van der Waals surface area contributed by atoms with Gasteiger partial charge in [-0.2, -0.15) is 5.10 Å². The molecular weight excluding hydrogens is 190 g/mol. The zero-order valence-electron chi connectivity index (χ0n) is 8.75. The largest absolute Gasteiger partial charge is 0.382 e. The van der Waals surface area contributed by atoms with Crippen molar-refractivity contribution in [3.05, 3.63) is 47.5 Å². The number of aromatic nitrogens is 3. The molecule has 15 heavy (non-hydrogen) atoms. The Hall–Kier alpha value is -1.68. The Morgan fingerprint density at radius 3 is 2.80 bits per heavy atom. The average molecular weight is 203 g/mol. The molecule has 0 aliphatic rings. The van der Waals surface area contributed by atoms with Gasteiger partial charge in [0.2, 0.25) is 0 Å². The highest BCUT2D eigenvalue weighted by atomic mass is 16.3. The topological polar surface area (TPSA) is 50.9 Å². The Balaban J connectivity index is 2.32. The fourth-order valence-corrected chi connectivity index (χ4v) is 1.48. The van der Waals surface area contributed by atoms with Crippen molar-refractivity contribution in [3.63, 3.8) is 0 Å². The predicted molar refractivity (Wildman–Crippen MR) is 56.2 cm³/mol. The van der Waals surface area contributed by atoms with Gasteiger partial charge in [-0.25, -0.2) is 0 Å². The number of aliphatic hydroxyl groups excluding tert-OH is 1. The van der Waals surface area contributed by atoms with Crippen LogP contribution in [0.4, 0.5) is 0 Å². The SMILES string of the molecule is Cc1cncc(C(O)c2ccn(C)n2)c1. The van der Waals surface area contributed by atoms with Crippen LogP contribution in [0.2, 0.25) is 0 Å².